The minimum atomic E-state index is -3.28. The van der Waals surface area contributed by atoms with Gasteiger partial charge in [0.15, 0.2) is 0 Å². The predicted molar refractivity (Wildman–Crippen MR) is 65.0 cm³/mol. The van der Waals surface area contributed by atoms with Crippen molar-refractivity contribution in [3.63, 3.8) is 0 Å². The first kappa shape index (κ1) is 13.1. The summed E-state index contributed by atoms with van der Waals surface area (Å²) >= 11 is 0. The molecule has 0 fully saturated rings. The van der Waals surface area contributed by atoms with Crippen LogP contribution in [0.5, 0.6) is 0 Å². The molecule has 1 aliphatic carbocycles. The SMILES string of the molecule is CCNC1=CC=C(N)C(C)(NS(C)(=O)=O)C1. The summed E-state index contributed by atoms with van der Waals surface area (Å²) in [5.41, 5.74) is 6.61. The van der Waals surface area contributed by atoms with Gasteiger partial charge < -0.3 is 11.1 Å². The molecule has 16 heavy (non-hydrogen) atoms. The van der Waals surface area contributed by atoms with Gasteiger partial charge in [-0.15, -0.1) is 0 Å². The molecule has 0 aromatic heterocycles. The number of hydrogen-bond acceptors (Lipinski definition) is 4. The van der Waals surface area contributed by atoms with Crippen molar-refractivity contribution >= 4 is 10.0 Å². The van der Waals surface area contributed by atoms with Gasteiger partial charge in [0.25, 0.3) is 0 Å². The molecule has 1 unspecified atom stereocenters. The molecule has 0 bridgehead atoms. The second-order valence-electron chi connectivity index (χ2n) is 4.23. The Bertz CT molecular complexity index is 425. The molecule has 0 aromatic carbocycles. The largest absolute Gasteiger partial charge is 0.400 e. The molecule has 0 heterocycles. The third-order valence-corrected chi connectivity index (χ3v) is 3.28. The van der Waals surface area contributed by atoms with E-state index in [-0.39, 0.29) is 0 Å². The van der Waals surface area contributed by atoms with Crippen molar-refractivity contribution in [2.45, 2.75) is 25.8 Å². The van der Waals surface area contributed by atoms with Gasteiger partial charge in [-0.1, -0.05) is 0 Å². The summed E-state index contributed by atoms with van der Waals surface area (Å²) in [7, 11) is -3.28. The zero-order chi connectivity index (χ0) is 12.4. The summed E-state index contributed by atoms with van der Waals surface area (Å²) in [6, 6.07) is 0. The molecule has 0 aliphatic heterocycles. The first-order valence-electron chi connectivity index (χ1n) is 5.16. The Morgan fingerprint density at radius 1 is 1.50 bits per heavy atom. The third kappa shape index (κ3) is 3.24. The lowest BCUT2D eigenvalue weighted by atomic mass is 9.89. The fourth-order valence-electron chi connectivity index (χ4n) is 1.77. The Labute approximate surface area is 96.8 Å². The standard InChI is InChI=1S/C10H19N3O2S/c1-4-12-8-5-6-9(11)10(2,7-8)13-16(3,14)15/h5-6,12-13H,4,7,11H2,1-3H3. The topological polar surface area (TPSA) is 84.2 Å². The summed E-state index contributed by atoms with van der Waals surface area (Å²) in [4.78, 5) is 0. The maximum atomic E-state index is 11.3. The van der Waals surface area contributed by atoms with E-state index in [1.807, 2.05) is 13.0 Å². The molecule has 6 heteroatoms. The van der Waals surface area contributed by atoms with E-state index >= 15 is 0 Å². The van der Waals surface area contributed by atoms with E-state index in [1.165, 1.54) is 0 Å². The molecule has 0 saturated heterocycles. The van der Waals surface area contributed by atoms with Crippen LogP contribution in [0.4, 0.5) is 0 Å². The summed E-state index contributed by atoms with van der Waals surface area (Å²) in [6.07, 6.45) is 5.29. The molecule has 1 aliphatic rings. The first-order chi connectivity index (χ1) is 7.27. The molecular weight excluding hydrogens is 226 g/mol. The van der Waals surface area contributed by atoms with Crippen LogP contribution in [0, 0.1) is 0 Å². The van der Waals surface area contributed by atoms with Crippen LogP contribution in [0.3, 0.4) is 0 Å². The maximum absolute atomic E-state index is 11.3. The second-order valence-corrected chi connectivity index (χ2v) is 5.98. The van der Waals surface area contributed by atoms with Crippen molar-refractivity contribution < 1.29 is 8.42 Å². The van der Waals surface area contributed by atoms with Crippen LogP contribution in [-0.4, -0.2) is 26.8 Å². The van der Waals surface area contributed by atoms with E-state index in [0.29, 0.717) is 12.1 Å². The zero-order valence-electron chi connectivity index (χ0n) is 9.87. The molecular formula is C10H19N3O2S. The molecule has 1 atom stereocenters. The molecule has 0 radical (unpaired) electrons. The van der Waals surface area contributed by atoms with Gasteiger partial charge in [0.1, 0.15) is 0 Å². The fraction of sp³-hybridized carbons (Fsp3) is 0.600. The summed E-state index contributed by atoms with van der Waals surface area (Å²) in [5, 5.41) is 3.17. The van der Waals surface area contributed by atoms with Crippen molar-refractivity contribution in [2.24, 2.45) is 5.73 Å². The highest BCUT2D eigenvalue weighted by molar-refractivity contribution is 7.88. The highest BCUT2D eigenvalue weighted by atomic mass is 32.2. The van der Waals surface area contributed by atoms with Gasteiger partial charge >= 0.3 is 0 Å². The average Bonchev–Trinajstić information content (AvgIpc) is 2.09. The Morgan fingerprint density at radius 2 is 2.12 bits per heavy atom. The van der Waals surface area contributed by atoms with Gasteiger partial charge in [0.2, 0.25) is 10.0 Å². The number of hydrogen-bond donors (Lipinski definition) is 3. The van der Waals surface area contributed by atoms with Crippen LogP contribution in [0.15, 0.2) is 23.5 Å². The van der Waals surface area contributed by atoms with Gasteiger partial charge in [0, 0.05) is 24.4 Å². The van der Waals surface area contributed by atoms with Crippen LogP contribution in [0.25, 0.3) is 0 Å². The number of allylic oxidation sites excluding steroid dienone is 2. The molecule has 0 amide bonds. The number of sulfonamides is 1. The van der Waals surface area contributed by atoms with Gasteiger partial charge in [-0.2, -0.15) is 0 Å². The summed E-state index contributed by atoms with van der Waals surface area (Å²) in [5.74, 6) is 0. The van der Waals surface area contributed by atoms with Crippen molar-refractivity contribution in [1.29, 1.82) is 0 Å². The van der Waals surface area contributed by atoms with Crippen molar-refractivity contribution in [2.75, 3.05) is 12.8 Å². The Balaban J connectivity index is 2.91. The van der Waals surface area contributed by atoms with Gasteiger partial charge in [-0.3, -0.25) is 0 Å². The van der Waals surface area contributed by atoms with Gasteiger partial charge in [0.05, 0.1) is 11.8 Å². The van der Waals surface area contributed by atoms with E-state index in [1.54, 1.807) is 13.0 Å². The van der Waals surface area contributed by atoms with Crippen molar-refractivity contribution in [3.8, 4) is 0 Å². The minimum absolute atomic E-state index is 0.527. The Hall–Kier alpha value is -1.01. The monoisotopic (exact) mass is 245 g/mol. The summed E-state index contributed by atoms with van der Waals surface area (Å²) in [6.45, 7) is 4.57. The van der Waals surface area contributed by atoms with E-state index < -0.39 is 15.6 Å². The van der Waals surface area contributed by atoms with Crippen molar-refractivity contribution in [1.82, 2.24) is 10.0 Å². The highest BCUT2D eigenvalue weighted by Gasteiger charge is 2.33. The number of nitrogens with two attached hydrogens (primary N) is 1. The molecule has 0 spiro atoms. The van der Waals surface area contributed by atoms with Crippen molar-refractivity contribution in [3.05, 3.63) is 23.5 Å². The molecule has 0 aromatic rings. The normalized spacial score (nSPS) is 25.9. The van der Waals surface area contributed by atoms with E-state index in [2.05, 4.69) is 10.0 Å². The molecule has 4 N–H and O–H groups in total. The van der Waals surface area contributed by atoms with Crippen LogP contribution in [0.2, 0.25) is 0 Å². The van der Waals surface area contributed by atoms with Crippen LogP contribution < -0.4 is 15.8 Å². The van der Waals surface area contributed by atoms with E-state index in [4.69, 9.17) is 5.73 Å². The van der Waals surface area contributed by atoms with E-state index in [9.17, 15) is 8.42 Å². The zero-order valence-corrected chi connectivity index (χ0v) is 10.7. The Morgan fingerprint density at radius 3 is 2.62 bits per heavy atom. The average molecular weight is 245 g/mol. The van der Waals surface area contributed by atoms with Crippen LogP contribution in [-0.2, 0) is 10.0 Å². The highest BCUT2D eigenvalue weighted by Crippen LogP contribution is 2.25. The molecule has 92 valence electrons. The van der Waals surface area contributed by atoms with Crippen LogP contribution in [0.1, 0.15) is 20.3 Å². The second kappa shape index (κ2) is 4.47. The maximum Gasteiger partial charge on any atom is 0.209 e. The first-order valence-corrected chi connectivity index (χ1v) is 7.05. The van der Waals surface area contributed by atoms with E-state index in [0.717, 1.165) is 18.5 Å². The number of rotatable bonds is 4. The molecule has 1 rings (SSSR count). The smallest absolute Gasteiger partial charge is 0.209 e. The third-order valence-electron chi connectivity index (χ3n) is 2.46. The molecule has 0 saturated carbocycles. The lowest BCUT2D eigenvalue weighted by Crippen LogP contribution is -2.51. The lowest BCUT2D eigenvalue weighted by Gasteiger charge is -2.34. The van der Waals surface area contributed by atoms with Gasteiger partial charge in [-0.05, 0) is 26.0 Å². The number of nitrogens with one attached hydrogen (secondary N) is 2. The Kier molecular flexibility index (Phi) is 3.64. The summed E-state index contributed by atoms with van der Waals surface area (Å²) < 4.78 is 25.1. The molecule has 5 nitrogen and oxygen atoms in total. The van der Waals surface area contributed by atoms with Crippen LogP contribution >= 0.6 is 0 Å². The predicted octanol–water partition coefficient (Wildman–Crippen LogP) is 0.0340. The minimum Gasteiger partial charge on any atom is -0.400 e. The quantitative estimate of drug-likeness (QED) is 0.652. The fourth-order valence-corrected chi connectivity index (χ4v) is 2.78. The van der Waals surface area contributed by atoms with Gasteiger partial charge in [-0.25, -0.2) is 13.1 Å². The lowest BCUT2D eigenvalue weighted by molar-refractivity contribution is 0.454.